The highest BCUT2D eigenvalue weighted by Crippen LogP contribution is 2.03. The van der Waals surface area contributed by atoms with Crippen molar-refractivity contribution in [1.29, 1.82) is 0 Å². The van der Waals surface area contributed by atoms with E-state index < -0.39 is 0 Å². The molecule has 2 nitrogen and oxygen atoms in total. The van der Waals surface area contributed by atoms with Crippen molar-refractivity contribution in [3.8, 4) is 0 Å². The molecule has 0 bridgehead atoms. The Hall–Kier alpha value is -0.760. The van der Waals surface area contributed by atoms with E-state index in [4.69, 9.17) is 4.42 Å². The van der Waals surface area contributed by atoms with E-state index >= 15 is 0 Å². The summed E-state index contributed by atoms with van der Waals surface area (Å²) in [6.07, 6.45) is 0. The highest BCUT2D eigenvalue weighted by atomic mass is 16.3. The maximum Gasteiger partial charge on any atom is 0.158 e. The van der Waals surface area contributed by atoms with Gasteiger partial charge in [0.2, 0.25) is 0 Å². The van der Waals surface area contributed by atoms with Gasteiger partial charge in [-0.05, 0) is 32.9 Å². The SMILES string of the molecule is Cc1ccc(C[NH2+]C(C)C)o1. The van der Waals surface area contributed by atoms with Crippen LogP contribution in [0.2, 0.25) is 0 Å². The molecular weight excluding hydrogens is 138 g/mol. The minimum atomic E-state index is 0.639. The molecule has 2 heteroatoms. The van der Waals surface area contributed by atoms with E-state index in [1.165, 1.54) is 0 Å². The summed E-state index contributed by atoms with van der Waals surface area (Å²) in [5, 5.41) is 2.25. The number of aryl methyl sites for hydroxylation is 1. The van der Waals surface area contributed by atoms with Crippen molar-refractivity contribution in [2.45, 2.75) is 33.4 Å². The molecule has 0 atom stereocenters. The lowest BCUT2D eigenvalue weighted by molar-refractivity contribution is -0.699. The lowest BCUT2D eigenvalue weighted by Gasteiger charge is -2.01. The lowest BCUT2D eigenvalue weighted by atomic mass is 10.3. The average Bonchev–Trinajstić information content (AvgIpc) is 2.31. The Morgan fingerprint density at radius 2 is 2.18 bits per heavy atom. The highest BCUT2D eigenvalue weighted by Gasteiger charge is 2.01. The minimum Gasteiger partial charge on any atom is -0.460 e. The van der Waals surface area contributed by atoms with Crippen LogP contribution in [0, 0.1) is 6.92 Å². The molecule has 0 unspecified atom stereocenters. The van der Waals surface area contributed by atoms with Gasteiger partial charge in [-0.15, -0.1) is 0 Å². The standard InChI is InChI=1S/C9H15NO/c1-7(2)10-6-9-5-4-8(3)11-9/h4-5,7,10H,6H2,1-3H3/p+1. The number of hydrogen-bond acceptors (Lipinski definition) is 1. The van der Waals surface area contributed by atoms with Crippen LogP contribution in [0.15, 0.2) is 16.5 Å². The maximum absolute atomic E-state index is 5.40. The highest BCUT2D eigenvalue weighted by molar-refractivity contribution is 5.03. The second kappa shape index (κ2) is 3.58. The minimum absolute atomic E-state index is 0.639. The van der Waals surface area contributed by atoms with Crippen LogP contribution in [-0.2, 0) is 6.54 Å². The van der Waals surface area contributed by atoms with Crippen LogP contribution in [0.1, 0.15) is 25.4 Å². The van der Waals surface area contributed by atoms with Crippen LogP contribution in [0.4, 0.5) is 0 Å². The van der Waals surface area contributed by atoms with E-state index in [-0.39, 0.29) is 0 Å². The molecule has 0 saturated carbocycles. The number of rotatable bonds is 3. The van der Waals surface area contributed by atoms with E-state index in [0.717, 1.165) is 18.1 Å². The van der Waals surface area contributed by atoms with E-state index in [1.54, 1.807) is 0 Å². The lowest BCUT2D eigenvalue weighted by Crippen LogP contribution is -2.86. The zero-order valence-corrected chi connectivity index (χ0v) is 7.42. The summed E-state index contributed by atoms with van der Waals surface area (Å²) in [7, 11) is 0. The smallest absolute Gasteiger partial charge is 0.158 e. The summed E-state index contributed by atoms with van der Waals surface area (Å²) in [6.45, 7) is 7.27. The van der Waals surface area contributed by atoms with Crippen molar-refractivity contribution in [2.24, 2.45) is 0 Å². The fourth-order valence-electron chi connectivity index (χ4n) is 0.947. The zero-order valence-electron chi connectivity index (χ0n) is 7.42. The quantitative estimate of drug-likeness (QED) is 0.693. The molecule has 1 rings (SSSR count). The van der Waals surface area contributed by atoms with Gasteiger partial charge in [-0.1, -0.05) is 0 Å². The largest absolute Gasteiger partial charge is 0.460 e. The first-order valence-electron chi connectivity index (χ1n) is 4.07. The molecule has 2 N–H and O–H groups in total. The molecule has 0 spiro atoms. The molecule has 0 aromatic carbocycles. The van der Waals surface area contributed by atoms with Crippen molar-refractivity contribution in [2.75, 3.05) is 0 Å². The summed E-state index contributed by atoms with van der Waals surface area (Å²) in [5.74, 6) is 2.06. The first kappa shape index (κ1) is 8.34. The van der Waals surface area contributed by atoms with Crippen LogP contribution in [0.5, 0.6) is 0 Å². The molecule has 0 amide bonds. The number of quaternary nitrogens is 1. The van der Waals surface area contributed by atoms with Crippen LogP contribution in [-0.4, -0.2) is 6.04 Å². The monoisotopic (exact) mass is 154 g/mol. The number of nitrogens with two attached hydrogens (primary N) is 1. The second-order valence-corrected chi connectivity index (χ2v) is 3.20. The van der Waals surface area contributed by atoms with E-state index in [2.05, 4.69) is 19.2 Å². The van der Waals surface area contributed by atoms with E-state index in [1.807, 2.05) is 19.1 Å². The molecule has 0 aliphatic rings. The van der Waals surface area contributed by atoms with Gasteiger partial charge < -0.3 is 9.73 Å². The van der Waals surface area contributed by atoms with Gasteiger partial charge in [0.25, 0.3) is 0 Å². The third-order valence-corrected chi connectivity index (χ3v) is 1.59. The van der Waals surface area contributed by atoms with Crippen molar-refractivity contribution in [3.05, 3.63) is 23.7 Å². The first-order chi connectivity index (χ1) is 5.18. The number of hydrogen-bond donors (Lipinski definition) is 1. The van der Waals surface area contributed by atoms with Gasteiger partial charge in [-0.3, -0.25) is 0 Å². The summed E-state index contributed by atoms with van der Waals surface area (Å²) in [4.78, 5) is 0. The fourth-order valence-corrected chi connectivity index (χ4v) is 0.947. The van der Waals surface area contributed by atoms with Crippen molar-refractivity contribution >= 4 is 0 Å². The molecule has 0 aliphatic heterocycles. The van der Waals surface area contributed by atoms with Gasteiger partial charge in [0.05, 0.1) is 6.04 Å². The summed E-state index contributed by atoms with van der Waals surface area (Å²) < 4.78 is 5.40. The second-order valence-electron chi connectivity index (χ2n) is 3.20. The van der Waals surface area contributed by atoms with E-state index in [0.29, 0.717) is 6.04 Å². The molecule has 0 radical (unpaired) electrons. The molecule has 0 saturated heterocycles. The summed E-state index contributed by atoms with van der Waals surface area (Å²) in [6, 6.07) is 4.68. The first-order valence-corrected chi connectivity index (χ1v) is 4.07. The normalized spacial score (nSPS) is 10.9. The Labute approximate surface area is 67.6 Å². The van der Waals surface area contributed by atoms with Crippen LogP contribution < -0.4 is 5.32 Å². The van der Waals surface area contributed by atoms with Gasteiger partial charge in [-0.2, -0.15) is 0 Å². The summed E-state index contributed by atoms with van der Waals surface area (Å²) >= 11 is 0. The zero-order chi connectivity index (χ0) is 8.27. The molecule has 1 aromatic heterocycles. The average molecular weight is 154 g/mol. The Bertz CT molecular complexity index is 215. The third kappa shape index (κ3) is 2.76. The Balaban J connectivity index is 2.39. The topological polar surface area (TPSA) is 29.8 Å². The van der Waals surface area contributed by atoms with Crippen molar-refractivity contribution < 1.29 is 9.73 Å². The summed E-state index contributed by atoms with van der Waals surface area (Å²) in [5.41, 5.74) is 0. The van der Waals surface area contributed by atoms with Gasteiger partial charge in [0.15, 0.2) is 5.76 Å². The molecule has 1 aromatic rings. The predicted molar refractivity (Wildman–Crippen MR) is 44.2 cm³/mol. The number of furan rings is 1. The molecule has 1 heterocycles. The Kier molecular flexibility index (Phi) is 2.71. The van der Waals surface area contributed by atoms with Gasteiger partial charge >= 0.3 is 0 Å². The molecule has 11 heavy (non-hydrogen) atoms. The molecule has 0 aliphatic carbocycles. The maximum atomic E-state index is 5.40. The van der Waals surface area contributed by atoms with Crippen molar-refractivity contribution in [3.63, 3.8) is 0 Å². The van der Waals surface area contributed by atoms with Crippen molar-refractivity contribution in [1.82, 2.24) is 0 Å². The molecule has 0 fully saturated rings. The Morgan fingerprint density at radius 3 is 2.64 bits per heavy atom. The van der Waals surface area contributed by atoms with Gasteiger partial charge in [0, 0.05) is 0 Å². The Morgan fingerprint density at radius 1 is 1.45 bits per heavy atom. The molecular formula is C9H16NO+. The van der Waals surface area contributed by atoms with Gasteiger partial charge in [0.1, 0.15) is 12.3 Å². The predicted octanol–water partition coefficient (Wildman–Crippen LogP) is 1.06. The fraction of sp³-hybridized carbons (Fsp3) is 0.556. The molecule has 62 valence electrons. The van der Waals surface area contributed by atoms with E-state index in [9.17, 15) is 0 Å². The van der Waals surface area contributed by atoms with Gasteiger partial charge in [-0.25, -0.2) is 0 Å². The van der Waals surface area contributed by atoms with Crippen LogP contribution >= 0.6 is 0 Å². The third-order valence-electron chi connectivity index (χ3n) is 1.59. The van der Waals surface area contributed by atoms with Crippen LogP contribution in [0.3, 0.4) is 0 Å². The van der Waals surface area contributed by atoms with Crippen LogP contribution in [0.25, 0.3) is 0 Å².